The van der Waals surface area contributed by atoms with Crippen LogP contribution >= 0.6 is 0 Å². The first kappa shape index (κ1) is 12.1. The number of ether oxygens (including phenoxy) is 1. The molecule has 0 aliphatic heterocycles. The standard InChI is InChI=1S/C14H18O3/c1-10(13(15)16)11-4-3-5-12(8-11)14(6-7-14)9-17-2/h3-5,8,10H,6-7,9H2,1-2H3,(H,15,16). The van der Waals surface area contributed by atoms with Crippen LogP contribution in [0.4, 0.5) is 0 Å². The molecule has 3 nitrogen and oxygen atoms in total. The second kappa shape index (κ2) is 4.49. The fraction of sp³-hybridized carbons (Fsp3) is 0.500. The lowest BCUT2D eigenvalue weighted by Crippen LogP contribution is -2.15. The number of aliphatic carboxylic acids is 1. The van der Waals surface area contributed by atoms with E-state index >= 15 is 0 Å². The molecule has 0 bridgehead atoms. The molecule has 0 radical (unpaired) electrons. The van der Waals surface area contributed by atoms with E-state index in [0.717, 1.165) is 25.0 Å². The van der Waals surface area contributed by atoms with Crippen molar-refractivity contribution in [1.82, 2.24) is 0 Å². The van der Waals surface area contributed by atoms with E-state index in [1.165, 1.54) is 5.56 Å². The third-order valence-corrected chi connectivity index (χ3v) is 3.64. The molecule has 1 saturated carbocycles. The summed E-state index contributed by atoms with van der Waals surface area (Å²) in [6, 6.07) is 7.92. The van der Waals surface area contributed by atoms with Gasteiger partial charge in [0.15, 0.2) is 0 Å². The molecular weight excluding hydrogens is 216 g/mol. The van der Waals surface area contributed by atoms with Gasteiger partial charge in [0.1, 0.15) is 0 Å². The topological polar surface area (TPSA) is 46.5 Å². The van der Waals surface area contributed by atoms with E-state index in [4.69, 9.17) is 9.84 Å². The van der Waals surface area contributed by atoms with Crippen LogP contribution in [0.25, 0.3) is 0 Å². The summed E-state index contributed by atoms with van der Waals surface area (Å²) in [5.74, 6) is -1.23. The van der Waals surface area contributed by atoms with Crippen molar-refractivity contribution >= 4 is 5.97 Å². The zero-order valence-corrected chi connectivity index (χ0v) is 10.3. The van der Waals surface area contributed by atoms with Gasteiger partial charge in [0.2, 0.25) is 0 Å². The fourth-order valence-corrected chi connectivity index (χ4v) is 2.22. The average Bonchev–Trinajstić information content (AvgIpc) is 3.10. The maximum Gasteiger partial charge on any atom is 0.310 e. The summed E-state index contributed by atoms with van der Waals surface area (Å²) in [4.78, 5) is 11.0. The normalized spacial score (nSPS) is 18.7. The molecule has 1 aliphatic carbocycles. The second-order valence-electron chi connectivity index (χ2n) is 4.90. The van der Waals surface area contributed by atoms with Gasteiger partial charge < -0.3 is 9.84 Å². The molecule has 1 aliphatic rings. The van der Waals surface area contributed by atoms with Crippen molar-refractivity contribution in [2.75, 3.05) is 13.7 Å². The summed E-state index contributed by atoms with van der Waals surface area (Å²) in [6.07, 6.45) is 2.26. The molecule has 1 N–H and O–H groups in total. The van der Waals surface area contributed by atoms with Crippen molar-refractivity contribution in [2.24, 2.45) is 0 Å². The molecule has 92 valence electrons. The number of benzene rings is 1. The molecule has 0 amide bonds. The first-order valence-corrected chi connectivity index (χ1v) is 5.91. The molecule has 1 aromatic rings. The Morgan fingerprint density at radius 1 is 1.53 bits per heavy atom. The van der Waals surface area contributed by atoms with Gasteiger partial charge in [0, 0.05) is 12.5 Å². The zero-order valence-electron chi connectivity index (χ0n) is 10.3. The zero-order chi connectivity index (χ0) is 12.5. The number of carboxylic acids is 1. The highest BCUT2D eigenvalue weighted by Crippen LogP contribution is 2.48. The molecule has 1 atom stereocenters. The highest BCUT2D eigenvalue weighted by atomic mass is 16.5. The molecule has 2 rings (SSSR count). The predicted molar refractivity (Wildman–Crippen MR) is 65.3 cm³/mol. The minimum Gasteiger partial charge on any atom is -0.481 e. The molecular formula is C14H18O3. The van der Waals surface area contributed by atoms with Gasteiger partial charge in [-0.05, 0) is 30.9 Å². The maximum absolute atomic E-state index is 11.0. The van der Waals surface area contributed by atoms with Crippen molar-refractivity contribution in [3.8, 4) is 0 Å². The first-order chi connectivity index (χ1) is 8.09. The van der Waals surface area contributed by atoms with Crippen molar-refractivity contribution in [2.45, 2.75) is 31.1 Å². The van der Waals surface area contributed by atoms with Crippen LogP contribution < -0.4 is 0 Å². The number of rotatable bonds is 5. The fourth-order valence-electron chi connectivity index (χ4n) is 2.22. The highest BCUT2D eigenvalue weighted by molar-refractivity contribution is 5.75. The minimum atomic E-state index is -0.779. The summed E-state index contributed by atoms with van der Waals surface area (Å²) in [5.41, 5.74) is 2.23. The first-order valence-electron chi connectivity index (χ1n) is 5.91. The smallest absolute Gasteiger partial charge is 0.310 e. The van der Waals surface area contributed by atoms with Gasteiger partial charge in [0.05, 0.1) is 12.5 Å². The highest BCUT2D eigenvalue weighted by Gasteiger charge is 2.44. The Morgan fingerprint density at radius 3 is 2.76 bits per heavy atom. The third-order valence-electron chi connectivity index (χ3n) is 3.64. The van der Waals surface area contributed by atoms with E-state index in [2.05, 4.69) is 6.07 Å². The lowest BCUT2D eigenvalue weighted by Gasteiger charge is -2.16. The van der Waals surface area contributed by atoms with Crippen LogP contribution in [0.2, 0.25) is 0 Å². The molecule has 0 spiro atoms. The summed E-state index contributed by atoms with van der Waals surface area (Å²) < 4.78 is 5.26. The van der Waals surface area contributed by atoms with Crippen LogP contribution in [0.1, 0.15) is 36.8 Å². The van der Waals surface area contributed by atoms with E-state index in [1.54, 1.807) is 14.0 Å². The summed E-state index contributed by atoms with van der Waals surface area (Å²) in [5, 5.41) is 9.02. The van der Waals surface area contributed by atoms with Crippen LogP contribution in [-0.4, -0.2) is 24.8 Å². The summed E-state index contributed by atoms with van der Waals surface area (Å²) in [7, 11) is 1.71. The molecule has 3 heteroatoms. The number of carbonyl (C=O) groups is 1. The van der Waals surface area contributed by atoms with Crippen LogP contribution in [-0.2, 0) is 14.9 Å². The van der Waals surface area contributed by atoms with Gasteiger partial charge in [-0.2, -0.15) is 0 Å². The van der Waals surface area contributed by atoms with Gasteiger partial charge in [0.25, 0.3) is 0 Å². The Morgan fingerprint density at radius 2 is 2.24 bits per heavy atom. The molecule has 1 unspecified atom stereocenters. The van der Waals surface area contributed by atoms with Gasteiger partial charge in [-0.25, -0.2) is 0 Å². The van der Waals surface area contributed by atoms with E-state index in [0.29, 0.717) is 0 Å². The van der Waals surface area contributed by atoms with Crippen molar-refractivity contribution in [3.63, 3.8) is 0 Å². The van der Waals surface area contributed by atoms with Gasteiger partial charge in [-0.15, -0.1) is 0 Å². The van der Waals surface area contributed by atoms with E-state index in [9.17, 15) is 4.79 Å². The lowest BCUT2D eigenvalue weighted by molar-refractivity contribution is -0.138. The Balaban J connectivity index is 2.26. The van der Waals surface area contributed by atoms with Crippen LogP contribution in [0.3, 0.4) is 0 Å². The third kappa shape index (κ3) is 2.34. The maximum atomic E-state index is 11.0. The van der Waals surface area contributed by atoms with Crippen LogP contribution in [0, 0.1) is 0 Å². The largest absolute Gasteiger partial charge is 0.481 e. The van der Waals surface area contributed by atoms with Gasteiger partial charge >= 0.3 is 5.97 Å². The quantitative estimate of drug-likeness (QED) is 0.851. The summed E-state index contributed by atoms with van der Waals surface area (Å²) in [6.45, 7) is 2.44. The Kier molecular flexibility index (Phi) is 3.20. The van der Waals surface area contributed by atoms with Crippen LogP contribution in [0.15, 0.2) is 24.3 Å². The van der Waals surface area contributed by atoms with Gasteiger partial charge in [-0.3, -0.25) is 4.79 Å². The molecule has 0 heterocycles. The Bertz CT molecular complexity index is 421. The van der Waals surface area contributed by atoms with E-state index in [1.807, 2.05) is 18.2 Å². The van der Waals surface area contributed by atoms with Gasteiger partial charge in [-0.1, -0.05) is 24.3 Å². The molecule has 0 saturated heterocycles. The average molecular weight is 234 g/mol. The van der Waals surface area contributed by atoms with E-state index < -0.39 is 11.9 Å². The lowest BCUT2D eigenvalue weighted by atomic mass is 9.91. The Hall–Kier alpha value is -1.35. The molecule has 1 aromatic carbocycles. The van der Waals surface area contributed by atoms with Crippen molar-refractivity contribution < 1.29 is 14.6 Å². The SMILES string of the molecule is COCC1(c2cccc(C(C)C(=O)O)c2)CC1. The predicted octanol–water partition coefficient (Wildman–Crippen LogP) is 2.55. The van der Waals surface area contributed by atoms with E-state index in [-0.39, 0.29) is 5.41 Å². The second-order valence-corrected chi connectivity index (χ2v) is 4.90. The monoisotopic (exact) mass is 234 g/mol. The van der Waals surface area contributed by atoms with Crippen molar-refractivity contribution in [1.29, 1.82) is 0 Å². The van der Waals surface area contributed by atoms with Crippen LogP contribution in [0.5, 0.6) is 0 Å². The number of hydrogen-bond acceptors (Lipinski definition) is 2. The minimum absolute atomic E-state index is 0.142. The number of methoxy groups -OCH3 is 1. The number of carboxylic acid groups (broad SMARTS) is 1. The van der Waals surface area contributed by atoms with Crippen molar-refractivity contribution in [3.05, 3.63) is 35.4 Å². The number of hydrogen-bond donors (Lipinski definition) is 1. The Labute approximate surface area is 101 Å². The molecule has 0 aromatic heterocycles. The molecule has 17 heavy (non-hydrogen) atoms. The summed E-state index contributed by atoms with van der Waals surface area (Å²) >= 11 is 0. The molecule has 1 fully saturated rings.